The van der Waals surface area contributed by atoms with Crippen LogP contribution in [0.2, 0.25) is 5.02 Å². The van der Waals surface area contributed by atoms with E-state index in [1.165, 1.54) is 23.1 Å². The van der Waals surface area contributed by atoms with E-state index in [1.54, 1.807) is 6.07 Å². The van der Waals surface area contributed by atoms with E-state index in [9.17, 15) is 9.90 Å². The van der Waals surface area contributed by atoms with Crippen LogP contribution >= 0.6 is 11.6 Å². The van der Waals surface area contributed by atoms with Gasteiger partial charge in [-0.3, -0.25) is 9.36 Å². The molecule has 0 radical (unpaired) electrons. The Kier molecular flexibility index (Phi) is 4.78. The van der Waals surface area contributed by atoms with E-state index in [4.69, 9.17) is 11.6 Å². The first-order valence-corrected chi connectivity index (χ1v) is 12.2. The number of nitrogens with zero attached hydrogens (tertiary/aromatic N) is 2. The van der Waals surface area contributed by atoms with Gasteiger partial charge in [0.2, 0.25) is 0 Å². The molecule has 3 aliphatic rings. The summed E-state index contributed by atoms with van der Waals surface area (Å²) in [6, 6.07) is 12.5. The lowest BCUT2D eigenvalue weighted by Gasteiger charge is -2.34. The molecule has 32 heavy (non-hydrogen) atoms. The summed E-state index contributed by atoms with van der Waals surface area (Å²) in [5.41, 5.74) is 5.50. The SMILES string of the molecule is O=c1nc2n(c3cccc(Cl)c13)-c1ccc(C3=CCC(CO)CC3)cc1C21CCCCC1. The fraction of sp³-hybridized carbons (Fsp3) is 0.407. The Morgan fingerprint density at radius 2 is 2.00 bits per heavy atom. The molecule has 1 aliphatic heterocycles. The molecule has 1 atom stereocenters. The predicted octanol–water partition coefficient (Wildman–Crippen LogP) is 5.78. The van der Waals surface area contributed by atoms with Crippen LogP contribution in [-0.2, 0) is 5.41 Å². The lowest BCUT2D eigenvalue weighted by atomic mass is 9.69. The molecule has 3 aromatic rings. The highest BCUT2D eigenvalue weighted by molar-refractivity contribution is 6.35. The molecule has 0 saturated heterocycles. The van der Waals surface area contributed by atoms with E-state index < -0.39 is 0 Å². The van der Waals surface area contributed by atoms with Crippen molar-refractivity contribution in [2.24, 2.45) is 5.92 Å². The van der Waals surface area contributed by atoms with Crippen LogP contribution in [-0.4, -0.2) is 21.3 Å². The maximum atomic E-state index is 13.1. The molecule has 1 unspecified atom stereocenters. The van der Waals surface area contributed by atoms with Crippen molar-refractivity contribution in [1.29, 1.82) is 0 Å². The Morgan fingerprint density at radius 3 is 2.75 bits per heavy atom. The van der Waals surface area contributed by atoms with Crippen molar-refractivity contribution < 1.29 is 5.11 Å². The van der Waals surface area contributed by atoms with Gasteiger partial charge in [-0.15, -0.1) is 0 Å². The van der Waals surface area contributed by atoms with Crippen molar-refractivity contribution in [3.63, 3.8) is 0 Å². The van der Waals surface area contributed by atoms with E-state index in [0.29, 0.717) is 16.3 Å². The van der Waals surface area contributed by atoms with Gasteiger partial charge in [0.05, 0.1) is 27.0 Å². The standard InChI is InChI=1S/C27H27ClN2O2/c28-21-5-4-6-23-24(21)25(32)29-26-27(13-2-1-3-14-27)20-15-19(11-12-22(20)30(23)26)18-9-7-17(16-31)8-10-18/h4-6,9,11-12,15,17,31H,1-3,7-8,10,13-14,16H2. The third kappa shape index (κ3) is 2.85. The lowest BCUT2D eigenvalue weighted by molar-refractivity contribution is 0.218. The number of aliphatic hydroxyl groups is 1. The van der Waals surface area contributed by atoms with Crippen LogP contribution < -0.4 is 5.56 Å². The smallest absolute Gasteiger partial charge is 0.282 e. The molecule has 1 fully saturated rings. The van der Waals surface area contributed by atoms with Gasteiger partial charge in [0.15, 0.2) is 0 Å². The summed E-state index contributed by atoms with van der Waals surface area (Å²) < 4.78 is 2.20. The minimum Gasteiger partial charge on any atom is -0.396 e. The molecule has 0 amide bonds. The molecule has 164 valence electrons. The molecule has 1 saturated carbocycles. The number of fused-ring (bicyclic) bond motifs is 7. The largest absolute Gasteiger partial charge is 0.396 e. The van der Waals surface area contributed by atoms with E-state index in [0.717, 1.165) is 62.0 Å². The Morgan fingerprint density at radius 1 is 1.16 bits per heavy atom. The van der Waals surface area contributed by atoms with Crippen molar-refractivity contribution in [2.75, 3.05) is 6.61 Å². The van der Waals surface area contributed by atoms with Crippen LogP contribution in [0.15, 0.2) is 47.3 Å². The fourth-order valence-corrected chi connectivity index (χ4v) is 6.44. The molecule has 2 heterocycles. The third-order valence-electron chi connectivity index (χ3n) is 7.90. The summed E-state index contributed by atoms with van der Waals surface area (Å²) in [5.74, 6) is 1.27. The summed E-state index contributed by atoms with van der Waals surface area (Å²) in [7, 11) is 0. The second kappa shape index (κ2) is 7.57. The van der Waals surface area contributed by atoms with Gasteiger partial charge in [0.1, 0.15) is 5.82 Å². The first-order valence-electron chi connectivity index (χ1n) is 11.8. The third-order valence-corrected chi connectivity index (χ3v) is 8.22. The number of allylic oxidation sites excluding steroid dienone is 2. The molecule has 2 aromatic carbocycles. The minimum atomic E-state index is -0.222. The van der Waals surface area contributed by atoms with Crippen molar-refractivity contribution in [3.05, 3.63) is 74.8 Å². The highest BCUT2D eigenvalue weighted by Gasteiger charge is 2.46. The molecule has 1 aromatic heterocycles. The number of aromatic nitrogens is 2. The number of hydrogen-bond acceptors (Lipinski definition) is 3. The molecule has 1 N–H and O–H groups in total. The molecular formula is C27H27ClN2O2. The van der Waals surface area contributed by atoms with E-state index in [-0.39, 0.29) is 17.6 Å². The highest BCUT2D eigenvalue weighted by Crippen LogP contribution is 2.52. The maximum absolute atomic E-state index is 13.1. The zero-order valence-corrected chi connectivity index (χ0v) is 18.9. The molecule has 6 rings (SSSR count). The van der Waals surface area contributed by atoms with Gasteiger partial charge in [0.25, 0.3) is 5.56 Å². The summed E-state index contributed by atoms with van der Waals surface area (Å²) >= 11 is 6.44. The Balaban J connectivity index is 1.59. The van der Waals surface area contributed by atoms with Gasteiger partial charge in [0, 0.05) is 6.61 Å². The van der Waals surface area contributed by atoms with Crippen molar-refractivity contribution in [1.82, 2.24) is 9.55 Å². The monoisotopic (exact) mass is 446 g/mol. The van der Waals surface area contributed by atoms with Crippen molar-refractivity contribution in [3.8, 4) is 5.69 Å². The Hall–Kier alpha value is -2.43. The summed E-state index contributed by atoms with van der Waals surface area (Å²) in [5, 5.41) is 10.5. The number of rotatable bonds is 2. The van der Waals surface area contributed by atoms with E-state index >= 15 is 0 Å². The minimum absolute atomic E-state index is 0.206. The highest BCUT2D eigenvalue weighted by atomic mass is 35.5. The van der Waals surface area contributed by atoms with Gasteiger partial charge in [-0.25, -0.2) is 0 Å². The second-order valence-corrected chi connectivity index (χ2v) is 10.0. The average molecular weight is 447 g/mol. The predicted molar refractivity (Wildman–Crippen MR) is 129 cm³/mol. The Labute approximate surface area is 192 Å². The van der Waals surface area contributed by atoms with Gasteiger partial charge in [-0.1, -0.05) is 49.1 Å². The number of benzene rings is 2. The average Bonchev–Trinajstić information content (AvgIpc) is 3.08. The van der Waals surface area contributed by atoms with Crippen LogP contribution in [0.4, 0.5) is 0 Å². The number of hydrogen-bond donors (Lipinski definition) is 1. The molecule has 0 bridgehead atoms. The molecule has 2 aliphatic carbocycles. The van der Waals surface area contributed by atoms with Crippen LogP contribution in [0.1, 0.15) is 68.3 Å². The zero-order chi connectivity index (χ0) is 21.9. The molecule has 5 heteroatoms. The van der Waals surface area contributed by atoms with Gasteiger partial charge < -0.3 is 5.11 Å². The van der Waals surface area contributed by atoms with Crippen LogP contribution in [0.5, 0.6) is 0 Å². The first-order chi connectivity index (χ1) is 15.6. The topological polar surface area (TPSA) is 55.1 Å². The molecule has 1 spiro atoms. The lowest BCUT2D eigenvalue weighted by Crippen LogP contribution is -2.32. The van der Waals surface area contributed by atoms with E-state index in [1.807, 2.05) is 12.1 Å². The fourth-order valence-electron chi connectivity index (χ4n) is 6.19. The van der Waals surface area contributed by atoms with Crippen LogP contribution in [0, 0.1) is 5.92 Å². The first kappa shape index (κ1) is 20.2. The van der Waals surface area contributed by atoms with Crippen LogP contribution in [0.25, 0.3) is 22.2 Å². The van der Waals surface area contributed by atoms with Crippen molar-refractivity contribution in [2.45, 2.75) is 56.8 Å². The van der Waals surface area contributed by atoms with Gasteiger partial charge in [-0.05, 0) is 79.0 Å². The summed E-state index contributed by atoms with van der Waals surface area (Å²) in [4.78, 5) is 17.7. The molecule has 4 nitrogen and oxygen atoms in total. The Bertz CT molecular complexity index is 1320. The quantitative estimate of drug-likeness (QED) is 0.543. The van der Waals surface area contributed by atoms with E-state index in [2.05, 4.69) is 33.8 Å². The number of aliphatic hydroxyl groups excluding tert-OH is 1. The second-order valence-electron chi connectivity index (χ2n) is 9.64. The maximum Gasteiger partial charge on any atom is 0.282 e. The summed E-state index contributed by atoms with van der Waals surface area (Å²) in [6.07, 6.45) is 10.8. The number of halogens is 1. The van der Waals surface area contributed by atoms with Gasteiger partial charge in [-0.2, -0.15) is 4.98 Å². The summed E-state index contributed by atoms with van der Waals surface area (Å²) in [6.45, 7) is 0.266. The normalized spacial score (nSPS) is 21.4. The molecular weight excluding hydrogens is 420 g/mol. The zero-order valence-electron chi connectivity index (χ0n) is 18.1. The van der Waals surface area contributed by atoms with Crippen molar-refractivity contribution >= 4 is 28.1 Å². The van der Waals surface area contributed by atoms with Crippen LogP contribution in [0.3, 0.4) is 0 Å². The van der Waals surface area contributed by atoms with Gasteiger partial charge >= 0.3 is 0 Å².